The minimum Gasteiger partial charge on any atom is -0.399 e. The third-order valence-corrected chi connectivity index (χ3v) is 3.23. The average Bonchev–Trinajstić information content (AvgIpc) is 2.47. The van der Waals surface area contributed by atoms with Gasteiger partial charge in [-0.15, -0.1) is 0 Å². The van der Waals surface area contributed by atoms with Crippen LogP contribution in [0.3, 0.4) is 0 Å². The first-order valence-corrected chi connectivity index (χ1v) is 6.86. The van der Waals surface area contributed by atoms with Gasteiger partial charge in [0.15, 0.2) is 0 Å². The molecule has 2 rings (SSSR count). The number of nitrogen functional groups attached to an aromatic ring is 2. The van der Waals surface area contributed by atoms with Gasteiger partial charge in [0, 0.05) is 43.0 Å². The van der Waals surface area contributed by atoms with E-state index in [0.717, 1.165) is 0 Å². The summed E-state index contributed by atoms with van der Waals surface area (Å²) in [6.07, 6.45) is 0.267. The molecule has 1 fully saturated rings. The van der Waals surface area contributed by atoms with Gasteiger partial charge in [0.1, 0.15) is 0 Å². The van der Waals surface area contributed by atoms with Crippen LogP contribution in [0.1, 0.15) is 16.8 Å². The van der Waals surface area contributed by atoms with Crippen LogP contribution in [0.5, 0.6) is 0 Å². The van der Waals surface area contributed by atoms with Crippen molar-refractivity contribution in [1.82, 2.24) is 10.2 Å². The zero-order valence-corrected chi connectivity index (χ0v) is 11.8. The lowest BCUT2D eigenvalue weighted by molar-refractivity contribution is -0.135. The lowest BCUT2D eigenvalue weighted by atomic mass is 10.1. The van der Waals surface area contributed by atoms with E-state index in [-0.39, 0.29) is 24.8 Å². The number of rotatable bonds is 4. The molecule has 0 unspecified atom stereocenters. The highest BCUT2D eigenvalue weighted by Crippen LogP contribution is 2.13. The molecule has 114 valence electrons. The lowest BCUT2D eigenvalue weighted by Gasteiger charge is -2.26. The van der Waals surface area contributed by atoms with E-state index in [1.165, 1.54) is 0 Å². The van der Waals surface area contributed by atoms with Crippen molar-refractivity contribution in [3.8, 4) is 0 Å². The van der Waals surface area contributed by atoms with E-state index in [1.54, 1.807) is 23.1 Å². The van der Waals surface area contributed by atoms with E-state index >= 15 is 0 Å². The summed E-state index contributed by atoms with van der Waals surface area (Å²) in [4.78, 5) is 25.6. The molecule has 0 spiro atoms. The van der Waals surface area contributed by atoms with Crippen molar-refractivity contribution in [2.24, 2.45) is 0 Å². The molecule has 7 heteroatoms. The summed E-state index contributed by atoms with van der Waals surface area (Å²) < 4.78 is 5.19. The van der Waals surface area contributed by atoms with Crippen molar-refractivity contribution in [3.63, 3.8) is 0 Å². The molecule has 0 aromatic heterocycles. The Balaban J connectivity index is 1.79. The van der Waals surface area contributed by atoms with E-state index in [1.807, 2.05) is 0 Å². The Hall–Kier alpha value is -2.28. The van der Waals surface area contributed by atoms with Crippen LogP contribution in [-0.2, 0) is 9.53 Å². The van der Waals surface area contributed by atoms with Crippen molar-refractivity contribution < 1.29 is 14.3 Å². The largest absolute Gasteiger partial charge is 0.399 e. The number of anilines is 2. The number of nitrogens with zero attached hydrogens (tertiary/aromatic N) is 1. The molecular formula is C14H20N4O3. The molecule has 7 nitrogen and oxygen atoms in total. The van der Waals surface area contributed by atoms with Crippen molar-refractivity contribution in [2.45, 2.75) is 6.42 Å². The van der Waals surface area contributed by atoms with Crippen LogP contribution >= 0.6 is 0 Å². The number of carbonyl (C=O) groups is 2. The van der Waals surface area contributed by atoms with E-state index < -0.39 is 0 Å². The summed E-state index contributed by atoms with van der Waals surface area (Å²) in [6.45, 7) is 2.64. The maximum atomic E-state index is 11.9. The number of nitrogens with one attached hydrogen (secondary N) is 1. The summed E-state index contributed by atoms with van der Waals surface area (Å²) in [6, 6.07) is 4.68. The Morgan fingerprint density at radius 3 is 2.38 bits per heavy atom. The molecule has 21 heavy (non-hydrogen) atoms. The maximum Gasteiger partial charge on any atom is 0.251 e. The first kappa shape index (κ1) is 15.1. The number of nitrogens with two attached hydrogens (primary N) is 2. The number of carbonyl (C=O) groups excluding carboxylic acids is 2. The smallest absolute Gasteiger partial charge is 0.251 e. The van der Waals surface area contributed by atoms with Gasteiger partial charge in [-0.2, -0.15) is 0 Å². The van der Waals surface area contributed by atoms with Crippen LogP contribution in [0.4, 0.5) is 11.4 Å². The molecular weight excluding hydrogens is 272 g/mol. The second kappa shape index (κ2) is 6.94. The van der Waals surface area contributed by atoms with Crippen LogP contribution in [0.15, 0.2) is 18.2 Å². The average molecular weight is 292 g/mol. The van der Waals surface area contributed by atoms with Gasteiger partial charge < -0.3 is 26.4 Å². The zero-order valence-electron chi connectivity index (χ0n) is 11.8. The van der Waals surface area contributed by atoms with Crippen molar-refractivity contribution in [2.75, 3.05) is 44.3 Å². The van der Waals surface area contributed by atoms with Gasteiger partial charge in [-0.25, -0.2) is 0 Å². The Morgan fingerprint density at radius 2 is 1.76 bits per heavy atom. The molecule has 0 bridgehead atoms. The normalized spacial score (nSPS) is 14.8. The van der Waals surface area contributed by atoms with Gasteiger partial charge in [0.2, 0.25) is 5.91 Å². The van der Waals surface area contributed by atoms with E-state index in [4.69, 9.17) is 16.2 Å². The summed E-state index contributed by atoms with van der Waals surface area (Å²) >= 11 is 0. The second-order valence-electron chi connectivity index (χ2n) is 4.89. The van der Waals surface area contributed by atoms with Crippen LogP contribution in [0.25, 0.3) is 0 Å². The highest BCUT2D eigenvalue weighted by Gasteiger charge is 2.16. The van der Waals surface area contributed by atoms with Crippen LogP contribution in [0.2, 0.25) is 0 Å². The van der Waals surface area contributed by atoms with Crippen LogP contribution < -0.4 is 16.8 Å². The SMILES string of the molecule is Nc1cc(N)cc(C(=O)NCCC(=O)N2CCOCC2)c1. The Labute approximate surface area is 123 Å². The Bertz CT molecular complexity index is 507. The molecule has 1 aliphatic rings. The maximum absolute atomic E-state index is 11.9. The van der Waals surface area contributed by atoms with Crippen LogP contribution in [-0.4, -0.2) is 49.6 Å². The predicted molar refractivity (Wildman–Crippen MR) is 79.6 cm³/mol. The molecule has 1 heterocycles. The van der Waals surface area contributed by atoms with Crippen molar-refractivity contribution in [3.05, 3.63) is 23.8 Å². The minimum absolute atomic E-state index is 0.0192. The molecule has 5 N–H and O–H groups in total. The number of amides is 2. The summed E-state index contributed by atoms with van der Waals surface area (Å²) in [5, 5.41) is 2.69. The van der Waals surface area contributed by atoms with Crippen molar-refractivity contribution in [1.29, 1.82) is 0 Å². The highest BCUT2D eigenvalue weighted by molar-refractivity contribution is 5.96. The van der Waals surface area contributed by atoms with Gasteiger partial charge in [-0.3, -0.25) is 9.59 Å². The number of benzene rings is 1. The van der Waals surface area contributed by atoms with E-state index in [2.05, 4.69) is 5.32 Å². The zero-order chi connectivity index (χ0) is 15.2. The number of hydrogen-bond donors (Lipinski definition) is 3. The Kier molecular flexibility index (Phi) is 4.99. The predicted octanol–water partition coefficient (Wildman–Crippen LogP) is -0.170. The molecule has 0 aliphatic carbocycles. The summed E-state index contributed by atoms with van der Waals surface area (Å²) in [5.41, 5.74) is 12.5. The van der Waals surface area contributed by atoms with Gasteiger partial charge in [-0.05, 0) is 18.2 Å². The first-order valence-electron chi connectivity index (χ1n) is 6.86. The number of morpholine rings is 1. The van der Waals surface area contributed by atoms with Crippen LogP contribution in [0, 0.1) is 0 Å². The number of ether oxygens (including phenoxy) is 1. The standard InChI is InChI=1S/C14H20N4O3/c15-11-7-10(8-12(16)9-11)14(20)17-2-1-13(19)18-3-5-21-6-4-18/h7-9H,1-6,15-16H2,(H,17,20). The summed E-state index contributed by atoms with van der Waals surface area (Å²) in [7, 11) is 0. The fraction of sp³-hybridized carbons (Fsp3) is 0.429. The van der Waals surface area contributed by atoms with Gasteiger partial charge in [0.25, 0.3) is 5.91 Å². The van der Waals surface area contributed by atoms with E-state index in [9.17, 15) is 9.59 Å². The summed E-state index contributed by atoms with van der Waals surface area (Å²) in [5.74, 6) is -0.269. The lowest BCUT2D eigenvalue weighted by Crippen LogP contribution is -2.42. The topological polar surface area (TPSA) is 111 Å². The molecule has 0 atom stereocenters. The minimum atomic E-state index is -0.288. The molecule has 1 saturated heterocycles. The molecule has 1 aromatic rings. The van der Waals surface area contributed by atoms with Gasteiger partial charge >= 0.3 is 0 Å². The van der Waals surface area contributed by atoms with E-state index in [0.29, 0.717) is 43.2 Å². The fourth-order valence-electron chi connectivity index (χ4n) is 2.16. The van der Waals surface area contributed by atoms with Gasteiger partial charge in [-0.1, -0.05) is 0 Å². The molecule has 0 radical (unpaired) electrons. The van der Waals surface area contributed by atoms with Gasteiger partial charge in [0.05, 0.1) is 13.2 Å². The highest BCUT2D eigenvalue weighted by atomic mass is 16.5. The van der Waals surface area contributed by atoms with Crippen molar-refractivity contribution >= 4 is 23.2 Å². The molecule has 0 saturated carbocycles. The monoisotopic (exact) mass is 292 g/mol. The third kappa shape index (κ3) is 4.35. The third-order valence-electron chi connectivity index (χ3n) is 3.23. The molecule has 1 aromatic carbocycles. The molecule has 1 aliphatic heterocycles. The fourth-order valence-corrected chi connectivity index (χ4v) is 2.16. The molecule has 2 amide bonds. The first-order chi connectivity index (χ1) is 10.1. The number of hydrogen-bond acceptors (Lipinski definition) is 5. The quantitative estimate of drug-likeness (QED) is 0.667. The second-order valence-corrected chi connectivity index (χ2v) is 4.89. The Morgan fingerprint density at radius 1 is 1.14 bits per heavy atom.